The second kappa shape index (κ2) is 8.86. The van der Waals surface area contributed by atoms with Crippen LogP contribution in [0.5, 0.6) is 0 Å². The second-order valence-electron chi connectivity index (χ2n) is 2.71. The maximum absolute atomic E-state index is 10.2. The van der Waals surface area contributed by atoms with E-state index < -0.39 is 18.4 Å². The summed E-state index contributed by atoms with van der Waals surface area (Å²) in [6, 6.07) is 0. The largest absolute Gasteiger partial charge is 0.550 e. The standard InChI is InChI=1S/C5H8O3.C4H6O3/c1-4(6)3-5(7)8-2;1-3(5)2-4(6)7/h3H2,1-2H3;2H2,1H3,(H,6,7)/p-1. The number of ether oxygens (including phenoxy) is 1. The molecular formula is C9H13O6-. The summed E-state index contributed by atoms with van der Waals surface area (Å²) in [7, 11) is 1.26. The number of carboxylic acids is 1. The molecule has 0 spiro atoms. The van der Waals surface area contributed by atoms with E-state index >= 15 is 0 Å². The van der Waals surface area contributed by atoms with Crippen molar-refractivity contribution in [1.82, 2.24) is 0 Å². The zero-order valence-electron chi connectivity index (χ0n) is 8.86. The van der Waals surface area contributed by atoms with E-state index in [4.69, 9.17) is 0 Å². The predicted octanol–water partition coefficient (Wildman–Crippen LogP) is -1.15. The fourth-order valence-corrected chi connectivity index (χ4v) is 0.479. The van der Waals surface area contributed by atoms with E-state index in [2.05, 4.69) is 4.74 Å². The maximum Gasteiger partial charge on any atom is 0.313 e. The first-order valence-corrected chi connectivity index (χ1v) is 4.05. The Kier molecular flexibility index (Phi) is 9.30. The van der Waals surface area contributed by atoms with E-state index in [-0.39, 0.29) is 18.0 Å². The molecule has 6 heteroatoms. The maximum atomic E-state index is 10.2. The van der Waals surface area contributed by atoms with Gasteiger partial charge >= 0.3 is 5.97 Å². The number of Topliss-reactive ketones (excluding diaryl/α,β-unsaturated/α-hetero) is 2. The number of rotatable bonds is 4. The Morgan fingerprint density at radius 1 is 1.00 bits per heavy atom. The summed E-state index contributed by atoms with van der Waals surface area (Å²) < 4.78 is 4.20. The van der Waals surface area contributed by atoms with Gasteiger partial charge in [0.25, 0.3) is 0 Å². The number of carbonyl (C=O) groups is 4. The highest BCUT2D eigenvalue weighted by Gasteiger charge is 2.01. The van der Waals surface area contributed by atoms with Crippen LogP contribution < -0.4 is 5.11 Å². The zero-order valence-corrected chi connectivity index (χ0v) is 8.86. The summed E-state index contributed by atoms with van der Waals surface area (Å²) in [6.07, 6.45) is -0.587. The van der Waals surface area contributed by atoms with Gasteiger partial charge in [-0.25, -0.2) is 0 Å². The van der Waals surface area contributed by atoms with Crippen LogP contribution in [-0.4, -0.2) is 30.6 Å². The van der Waals surface area contributed by atoms with Crippen LogP contribution in [0.4, 0.5) is 0 Å². The van der Waals surface area contributed by atoms with Crippen molar-refractivity contribution in [2.24, 2.45) is 0 Å². The Bertz CT molecular complexity index is 243. The van der Waals surface area contributed by atoms with Crippen molar-refractivity contribution >= 4 is 23.5 Å². The molecule has 0 aliphatic heterocycles. The van der Waals surface area contributed by atoms with E-state index in [1.165, 1.54) is 21.0 Å². The van der Waals surface area contributed by atoms with Crippen LogP contribution in [0.1, 0.15) is 26.7 Å². The first-order valence-electron chi connectivity index (χ1n) is 4.05. The Hall–Kier alpha value is -1.72. The van der Waals surface area contributed by atoms with Crippen molar-refractivity contribution in [3.05, 3.63) is 0 Å². The van der Waals surface area contributed by atoms with Crippen LogP contribution >= 0.6 is 0 Å². The third-order valence-corrected chi connectivity index (χ3v) is 1.01. The molecule has 0 rings (SSSR count). The van der Waals surface area contributed by atoms with E-state index in [9.17, 15) is 24.3 Å². The first-order chi connectivity index (χ1) is 6.79. The molecule has 0 unspecified atom stereocenters. The molecule has 0 bridgehead atoms. The van der Waals surface area contributed by atoms with Gasteiger partial charge in [0, 0.05) is 12.4 Å². The molecular weight excluding hydrogens is 204 g/mol. The molecule has 0 aromatic heterocycles. The van der Waals surface area contributed by atoms with Crippen molar-refractivity contribution < 1.29 is 29.0 Å². The van der Waals surface area contributed by atoms with E-state index in [1.54, 1.807) is 0 Å². The van der Waals surface area contributed by atoms with Crippen molar-refractivity contribution in [1.29, 1.82) is 0 Å². The summed E-state index contributed by atoms with van der Waals surface area (Å²) in [4.78, 5) is 39.6. The number of carbonyl (C=O) groups excluding carboxylic acids is 4. The van der Waals surface area contributed by atoms with Crippen LogP contribution in [0.15, 0.2) is 0 Å². The van der Waals surface area contributed by atoms with Gasteiger partial charge in [-0.15, -0.1) is 0 Å². The van der Waals surface area contributed by atoms with Gasteiger partial charge in [0.2, 0.25) is 0 Å². The summed E-state index contributed by atoms with van der Waals surface area (Å²) in [5.74, 6) is -2.33. The van der Waals surface area contributed by atoms with Gasteiger partial charge in [0.1, 0.15) is 18.0 Å². The number of hydrogen-bond acceptors (Lipinski definition) is 6. The topological polar surface area (TPSA) is 101 Å². The molecule has 0 fully saturated rings. The Morgan fingerprint density at radius 3 is 1.47 bits per heavy atom. The molecule has 6 nitrogen and oxygen atoms in total. The van der Waals surface area contributed by atoms with Crippen LogP contribution in [0, 0.1) is 0 Å². The fraction of sp³-hybridized carbons (Fsp3) is 0.556. The number of hydrogen-bond donors (Lipinski definition) is 0. The van der Waals surface area contributed by atoms with Crippen LogP contribution in [0.3, 0.4) is 0 Å². The molecule has 0 aliphatic rings. The Balaban J connectivity index is 0. The minimum Gasteiger partial charge on any atom is -0.550 e. The molecule has 0 amide bonds. The minimum atomic E-state index is -1.31. The quantitative estimate of drug-likeness (QED) is 0.435. The molecule has 0 saturated heterocycles. The van der Waals surface area contributed by atoms with E-state index in [0.29, 0.717) is 0 Å². The summed E-state index contributed by atoms with van der Waals surface area (Å²) >= 11 is 0. The van der Waals surface area contributed by atoms with Crippen molar-refractivity contribution in [3.63, 3.8) is 0 Å². The lowest BCUT2D eigenvalue weighted by Crippen LogP contribution is -2.24. The second-order valence-corrected chi connectivity index (χ2v) is 2.71. The van der Waals surface area contributed by atoms with Crippen LogP contribution in [0.25, 0.3) is 0 Å². The molecule has 0 atom stereocenters. The fourth-order valence-electron chi connectivity index (χ4n) is 0.479. The monoisotopic (exact) mass is 217 g/mol. The highest BCUT2D eigenvalue weighted by molar-refractivity contribution is 5.94. The average Bonchev–Trinajstić information content (AvgIpc) is 2.01. The Labute approximate surface area is 87.2 Å². The summed E-state index contributed by atoms with van der Waals surface area (Å²) in [6.45, 7) is 2.55. The third-order valence-electron chi connectivity index (χ3n) is 1.01. The highest BCUT2D eigenvalue weighted by Crippen LogP contribution is 1.83. The number of ketones is 2. The van der Waals surface area contributed by atoms with Crippen LogP contribution in [0.2, 0.25) is 0 Å². The summed E-state index contributed by atoms with van der Waals surface area (Å²) in [5, 5.41) is 9.48. The van der Waals surface area contributed by atoms with E-state index in [1.807, 2.05) is 0 Å². The number of esters is 1. The lowest BCUT2D eigenvalue weighted by Gasteiger charge is -1.92. The van der Waals surface area contributed by atoms with Crippen molar-refractivity contribution in [3.8, 4) is 0 Å². The summed E-state index contributed by atoms with van der Waals surface area (Å²) in [5.41, 5.74) is 0. The number of carboxylic acid groups (broad SMARTS) is 1. The molecule has 0 aliphatic carbocycles. The van der Waals surface area contributed by atoms with Crippen molar-refractivity contribution in [2.75, 3.05) is 7.11 Å². The lowest BCUT2D eigenvalue weighted by molar-refractivity contribution is -0.304. The van der Waals surface area contributed by atoms with Crippen molar-refractivity contribution in [2.45, 2.75) is 26.7 Å². The Morgan fingerprint density at radius 2 is 1.40 bits per heavy atom. The average molecular weight is 217 g/mol. The van der Waals surface area contributed by atoms with Crippen LogP contribution in [-0.2, 0) is 23.9 Å². The molecule has 0 heterocycles. The minimum absolute atomic E-state index is 0.115. The normalized spacial score (nSPS) is 8.20. The van der Waals surface area contributed by atoms with Gasteiger partial charge in [-0.1, -0.05) is 0 Å². The van der Waals surface area contributed by atoms with Gasteiger partial charge in [-0.05, 0) is 13.8 Å². The molecule has 0 saturated carbocycles. The van der Waals surface area contributed by atoms with Gasteiger partial charge in [-0.2, -0.15) is 0 Å². The molecule has 0 aromatic carbocycles. The van der Waals surface area contributed by atoms with Gasteiger partial charge in [0.05, 0.1) is 7.11 Å². The lowest BCUT2D eigenvalue weighted by atomic mass is 10.3. The van der Waals surface area contributed by atoms with Gasteiger partial charge in [-0.3, -0.25) is 14.4 Å². The molecule has 15 heavy (non-hydrogen) atoms. The first kappa shape index (κ1) is 15.7. The number of methoxy groups -OCH3 is 1. The molecule has 0 radical (unpaired) electrons. The number of aliphatic carboxylic acids is 1. The smallest absolute Gasteiger partial charge is 0.313 e. The predicted molar refractivity (Wildman–Crippen MR) is 47.6 cm³/mol. The molecule has 0 aromatic rings. The highest BCUT2D eigenvalue weighted by atomic mass is 16.5. The van der Waals surface area contributed by atoms with E-state index in [0.717, 1.165) is 0 Å². The van der Waals surface area contributed by atoms with Gasteiger partial charge < -0.3 is 14.6 Å². The molecule has 0 N–H and O–H groups in total. The molecule has 86 valence electrons. The van der Waals surface area contributed by atoms with Gasteiger partial charge in [0.15, 0.2) is 0 Å². The zero-order chi connectivity index (χ0) is 12.4. The SMILES string of the molecule is CC(=O)CC(=O)[O-].COC(=O)CC(C)=O. The third kappa shape index (κ3) is 18.9.